The Balaban J connectivity index is 1.66. The summed E-state index contributed by atoms with van der Waals surface area (Å²) in [7, 11) is 0. The smallest absolute Gasteiger partial charge is 0.405 e. The molecule has 1 saturated heterocycles. The number of thioether (sulfide) groups is 1. The van der Waals surface area contributed by atoms with Crippen molar-refractivity contribution in [3.63, 3.8) is 0 Å². The Morgan fingerprint density at radius 2 is 1.97 bits per heavy atom. The summed E-state index contributed by atoms with van der Waals surface area (Å²) in [4.78, 5) is 52.3. The van der Waals surface area contributed by atoms with Crippen molar-refractivity contribution in [1.29, 1.82) is 0 Å². The van der Waals surface area contributed by atoms with E-state index in [1.165, 1.54) is 4.90 Å². The van der Waals surface area contributed by atoms with Crippen LogP contribution in [-0.2, 0) is 20.9 Å². The number of carboxylic acid groups (broad SMARTS) is 1. The van der Waals surface area contributed by atoms with Crippen molar-refractivity contribution in [3.05, 3.63) is 36.2 Å². The topological polar surface area (TPSA) is 182 Å². The first-order valence-electron chi connectivity index (χ1n) is 11.6. The van der Waals surface area contributed by atoms with Crippen molar-refractivity contribution < 1.29 is 24.3 Å². The number of carbonyl (C=O) groups is 4. The third-order valence-electron chi connectivity index (χ3n) is 5.93. The van der Waals surface area contributed by atoms with Gasteiger partial charge < -0.3 is 26.0 Å². The average Bonchev–Trinajstić information content (AvgIpc) is 3.54. The molecule has 0 unspecified atom stereocenters. The predicted octanol–water partition coefficient (Wildman–Crippen LogP) is 0.376. The van der Waals surface area contributed by atoms with Crippen molar-refractivity contribution in [3.8, 4) is 0 Å². The lowest BCUT2D eigenvalue weighted by molar-refractivity contribution is -0.139. The summed E-state index contributed by atoms with van der Waals surface area (Å²) in [5.74, 6) is -1.34. The number of benzene rings is 1. The number of nitrogens with zero attached hydrogens (tertiary/aromatic N) is 4. The molecule has 0 saturated carbocycles. The minimum Gasteiger partial charge on any atom is -0.465 e. The van der Waals surface area contributed by atoms with Gasteiger partial charge in [0.15, 0.2) is 5.82 Å². The Morgan fingerprint density at radius 3 is 2.61 bits per heavy atom. The molecule has 14 heteroatoms. The van der Waals surface area contributed by atoms with E-state index < -0.39 is 30.0 Å². The van der Waals surface area contributed by atoms with Gasteiger partial charge in [0.05, 0.1) is 13.1 Å². The summed E-state index contributed by atoms with van der Waals surface area (Å²) in [5.41, 5.74) is 0. The number of rotatable bonds is 11. The molecular weight excluding hydrogens is 488 g/mol. The van der Waals surface area contributed by atoms with E-state index in [4.69, 9.17) is 5.11 Å². The summed E-state index contributed by atoms with van der Waals surface area (Å²) in [6.45, 7) is 3.60. The Kier molecular flexibility index (Phi) is 9.61. The van der Waals surface area contributed by atoms with E-state index in [2.05, 4.69) is 36.6 Å². The minimum absolute atomic E-state index is 0.0329. The normalized spacial score (nSPS) is 18.8. The number of hydrogen-bond donors (Lipinski definition) is 5. The molecule has 3 rings (SSSR count). The zero-order valence-electron chi connectivity index (χ0n) is 20.0. The third kappa shape index (κ3) is 7.41. The fourth-order valence-electron chi connectivity index (χ4n) is 3.85. The maximum Gasteiger partial charge on any atom is 0.405 e. The maximum atomic E-state index is 13.1. The van der Waals surface area contributed by atoms with Crippen LogP contribution in [0.2, 0.25) is 0 Å². The highest BCUT2D eigenvalue weighted by Crippen LogP contribution is 2.33. The number of amides is 4. The van der Waals surface area contributed by atoms with Crippen LogP contribution < -0.4 is 16.0 Å². The van der Waals surface area contributed by atoms with Crippen LogP contribution >= 0.6 is 11.8 Å². The van der Waals surface area contributed by atoms with Gasteiger partial charge in [-0.3, -0.25) is 14.4 Å². The number of aromatic nitrogens is 4. The molecule has 4 atom stereocenters. The zero-order chi connectivity index (χ0) is 26.1. The first-order chi connectivity index (χ1) is 17.3. The molecule has 5 N–H and O–H groups in total. The molecule has 0 spiro atoms. The third-order valence-corrected chi connectivity index (χ3v) is 7.15. The van der Waals surface area contributed by atoms with Gasteiger partial charge in [-0.2, -0.15) is 5.21 Å². The first-order valence-corrected chi connectivity index (χ1v) is 12.4. The van der Waals surface area contributed by atoms with Gasteiger partial charge in [-0.15, -0.1) is 22.0 Å². The minimum atomic E-state index is -1.32. The molecule has 2 heterocycles. The lowest BCUT2D eigenvalue weighted by Crippen LogP contribution is -2.53. The predicted molar refractivity (Wildman–Crippen MR) is 130 cm³/mol. The van der Waals surface area contributed by atoms with Crippen LogP contribution in [0.5, 0.6) is 0 Å². The van der Waals surface area contributed by atoms with Gasteiger partial charge in [0.25, 0.3) is 0 Å². The second-order valence-electron chi connectivity index (χ2n) is 8.43. The monoisotopic (exact) mass is 518 g/mol. The summed E-state index contributed by atoms with van der Waals surface area (Å²) >= 11 is 1.58. The molecule has 36 heavy (non-hydrogen) atoms. The molecule has 2 aromatic rings. The van der Waals surface area contributed by atoms with Crippen LogP contribution in [0.25, 0.3) is 0 Å². The highest BCUT2D eigenvalue weighted by Gasteiger charge is 2.40. The quantitative estimate of drug-likeness (QED) is 0.281. The van der Waals surface area contributed by atoms with Crippen LogP contribution in [0, 0.1) is 5.92 Å². The SMILES string of the molecule is CC[C@H](C)[C@H](NC(=O)O)C(=O)NCC(=O)N1C[C@@H](Sc2ccccc2)C[C@H]1C(=O)NCc1nn[nH]n1. The van der Waals surface area contributed by atoms with Crippen LogP contribution in [0.4, 0.5) is 4.79 Å². The van der Waals surface area contributed by atoms with E-state index in [1.54, 1.807) is 18.7 Å². The van der Waals surface area contributed by atoms with E-state index in [9.17, 15) is 19.2 Å². The van der Waals surface area contributed by atoms with Crippen LogP contribution in [0.3, 0.4) is 0 Å². The molecule has 194 valence electrons. The molecular formula is C22H30N8O5S. The number of H-pyrrole nitrogens is 1. The summed E-state index contributed by atoms with van der Waals surface area (Å²) in [6.07, 6.45) is -0.326. The Hall–Kier alpha value is -3.68. The highest BCUT2D eigenvalue weighted by molar-refractivity contribution is 8.00. The van der Waals surface area contributed by atoms with Crippen LogP contribution in [0.1, 0.15) is 32.5 Å². The average molecular weight is 519 g/mol. The number of carbonyl (C=O) groups excluding carboxylic acids is 3. The molecule has 1 aromatic carbocycles. The van der Waals surface area contributed by atoms with Gasteiger partial charge in [0, 0.05) is 16.7 Å². The van der Waals surface area contributed by atoms with E-state index >= 15 is 0 Å². The molecule has 1 aliphatic rings. The van der Waals surface area contributed by atoms with Crippen LogP contribution in [0.15, 0.2) is 35.2 Å². The number of aromatic amines is 1. The first kappa shape index (κ1) is 26.9. The van der Waals surface area contributed by atoms with Crippen molar-refractivity contribution in [2.45, 2.75) is 55.5 Å². The molecule has 1 aromatic heterocycles. The van der Waals surface area contributed by atoms with Gasteiger partial charge in [-0.05, 0) is 24.5 Å². The Bertz CT molecular complexity index is 1040. The molecule has 13 nitrogen and oxygen atoms in total. The molecule has 1 aliphatic heterocycles. The second kappa shape index (κ2) is 12.9. The van der Waals surface area contributed by atoms with Crippen molar-refractivity contribution in [1.82, 2.24) is 41.5 Å². The highest BCUT2D eigenvalue weighted by atomic mass is 32.2. The summed E-state index contributed by atoms with van der Waals surface area (Å²) in [6, 6.07) is 7.94. The number of tetrazole rings is 1. The standard InChI is InChI=1S/C22H30N8O5S/c1-3-13(2)19(25-22(34)35)21(33)24-11-18(31)30-12-15(36-14-7-5-4-6-8-14)9-16(30)20(32)23-10-17-26-28-29-27-17/h4-8,13,15-16,19,25H,3,9-12H2,1-2H3,(H,23,32)(H,24,33)(H,34,35)(H,26,27,28,29)/t13-,15-,16-,19-/m0/s1. The number of nitrogens with one attached hydrogen (secondary N) is 4. The van der Waals surface area contributed by atoms with Crippen LogP contribution in [-0.4, -0.2) is 84.9 Å². The van der Waals surface area contributed by atoms with Crippen molar-refractivity contribution in [2.24, 2.45) is 5.92 Å². The van der Waals surface area contributed by atoms with Crippen molar-refractivity contribution >= 4 is 35.6 Å². The van der Waals surface area contributed by atoms with Gasteiger partial charge in [0.1, 0.15) is 12.1 Å². The molecule has 4 amide bonds. The molecule has 0 aliphatic carbocycles. The number of likely N-dealkylation sites (tertiary alicyclic amines) is 1. The number of hydrogen-bond acceptors (Lipinski definition) is 8. The lowest BCUT2D eigenvalue weighted by Gasteiger charge is -2.25. The Morgan fingerprint density at radius 1 is 1.22 bits per heavy atom. The zero-order valence-corrected chi connectivity index (χ0v) is 20.8. The summed E-state index contributed by atoms with van der Waals surface area (Å²) < 4.78 is 0. The van der Waals surface area contributed by atoms with Gasteiger partial charge in [0.2, 0.25) is 17.7 Å². The van der Waals surface area contributed by atoms with Gasteiger partial charge in [-0.1, -0.05) is 43.7 Å². The van der Waals surface area contributed by atoms with Gasteiger partial charge in [-0.25, -0.2) is 4.79 Å². The van der Waals surface area contributed by atoms with Gasteiger partial charge >= 0.3 is 6.09 Å². The summed E-state index contributed by atoms with van der Waals surface area (Å²) in [5, 5.41) is 29.9. The van der Waals surface area contributed by atoms with E-state index in [-0.39, 0.29) is 30.2 Å². The van der Waals surface area contributed by atoms with E-state index in [1.807, 2.05) is 37.3 Å². The Labute approximate surface area is 212 Å². The molecule has 0 radical (unpaired) electrons. The fraction of sp³-hybridized carbons (Fsp3) is 0.500. The molecule has 1 fully saturated rings. The fourth-order valence-corrected chi connectivity index (χ4v) is 5.06. The molecule has 0 bridgehead atoms. The maximum absolute atomic E-state index is 13.1. The van der Waals surface area contributed by atoms with E-state index in [0.717, 1.165) is 4.90 Å². The second-order valence-corrected chi connectivity index (χ2v) is 9.80. The lowest BCUT2D eigenvalue weighted by atomic mass is 9.98. The van der Waals surface area contributed by atoms with Crippen molar-refractivity contribution in [2.75, 3.05) is 13.1 Å². The van der Waals surface area contributed by atoms with E-state index in [0.29, 0.717) is 25.2 Å². The largest absolute Gasteiger partial charge is 0.465 e.